The molecule has 1 heterocycles. The lowest BCUT2D eigenvalue weighted by Crippen LogP contribution is -1.93. The fourth-order valence-electron chi connectivity index (χ4n) is 1.47. The molecule has 0 saturated carbocycles. The Bertz CT molecular complexity index is 477. The van der Waals surface area contributed by atoms with Crippen molar-refractivity contribution in [2.24, 2.45) is 0 Å². The number of rotatable bonds is 3. The normalized spacial score (nSPS) is 10.8. The van der Waals surface area contributed by atoms with E-state index in [1.54, 1.807) is 6.07 Å². The number of thioether (sulfide) groups is 1. The molecule has 0 atom stereocenters. The first kappa shape index (κ1) is 11.9. The van der Waals surface area contributed by atoms with Crippen molar-refractivity contribution in [3.8, 4) is 11.3 Å². The average molecular weight is 245 g/mol. The number of hydrogen-bond acceptors (Lipinski definition) is 4. The van der Waals surface area contributed by atoms with Gasteiger partial charge in [-0.25, -0.2) is 0 Å². The molecular formula is C13H15N3S. The van der Waals surface area contributed by atoms with Crippen molar-refractivity contribution in [1.29, 1.82) is 0 Å². The van der Waals surface area contributed by atoms with Crippen molar-refractivity contribution in [1.82, 2.24) is 10.2 Å². The molecule has 0 saturated heterocycles. The number of aromatic nitrogens is 2. The van der Waals surface area contributed by atoms with Gasteiger partial charge in [0.2, 0.25) is 0 Å². The number of nitrogens with zero attached hydrogens (tertiary/aromatic N) is 2. The second kappa shape index (κ2) is 5.19. The molecule has 0 bridgehead atoms. The minimum atomic E-state index is 0.445. The predicted molar refractivity (Wildman–Crippen MR) is 72.9 cm³/mol. The first-order valence-corrected chi connectivity index (χ1v) is 6.39. The summed E-state index contributed by atoms with van der Waals surface area (Å²) in [7, 11) is 0. The molecule has 1 aromatic heterocycles. The third kappa shape index (κ3) is 3.20. The average Bonchev–Trinajstić information content (AvgIpc) is 2.30. The van der Waals surface area contributed by atoms with Crippen molar-refractivity contribution in [3.63, 3.8) is 0 Å². The lowest BCUT2D eigenvalue weighted by molar-refractivity contribution is 1.05. The highest BCUT2D eigenvalue weighted by Gasteiger charge is 2.02. The molecular weight excluding hydrogens is 230 g/mol. The van der Waals surface area contributed by atoms with Crippen LogP contribution in [0.5, 0.6) is 0 Å². The van der Waals surface area contributed by atoms with Crippen molar-refractivity contribution < 1.29 is 0 Å². The van der Waals surface area contributed by atoms with Crippen LogP contribution in [0.15, 0.2) is 41.3 Å². The molecule has 0 aliphatic heterocycles. The van der Waals surface area contributed by atoms with Crippen LogP contribution in [-0.2, 0) is 0 Å². The summed E-state index contributed by atoms with van der Waals surface area (Å²) in [5.41, 5.74) is 7.41. The van der Waals surface area contributed by atoms with E-state index in [0.717, 1.165) is 11.3 Å². The Kier molecular flexibility index (Phi) is 3.64. The van der Waals surface area contributed by atoms with Gasteiger partial charge >= 0.3 is 0 Å². The molecule has 0 spiro atoms. The zero-order chi connectivity index (χ0) is 12.3. The Balaban J connectivity index is 2.20. The van der Waals surface area contributed by atoms with E-state index in [4.69, 9.17) is 5.73 Å². The molecule has 0 radical (unpaired) electrons. The Hall–Kier alpha value is -1.55. The van der Waals surface area contributed by atoms with Gasteiger partial charge in [-0.1, -0.05) is 26.0 Å². The quantitative estimate of drug-likeness (QED) is 0.843. The Labute approximate surface area is 105 Å². The van der Waals surface area contributed by atoms with Gasteiger partial charge in [-0.05, 0) is 24.3 Å². The summed E-state index contributed by atoms with van der Waals surface area (Å²) in [6.45, 7) is 4.37. The van der Waals surface area contributed by atoms with E-state index in [1.165, 1.54) is 4.90 Å². The SMILES string of the molecule is CC(C)Sc1ccc(-c2ccc(N)nn2)cc1. The number of nitrogen functional groups attached to an aromatic ring is 1. The highest BCUT2D eigenvalue weighted by molar-refractivity contribution is 7.99. The van der Waals surface area contributed by atoms with Crippen molar-refractivity contribution in [2.75, 3.05) is 5.73 Å². The van der Waals surface area contributed by atoms with Crippen LogP contribution in [0.4, 0.5) is 5.82 Å². The first-order chi connectivity index (χ1) is 8.15. The van der Waals surface area contributed by atoms with E-state index in [0.29, 0.717) is 11.1 Å². The predicted octanol–water partition coefficient (Wildman–Crippen LogP) is 3.23. The summed E-state index contributed by atoms with van der Waals surface area (Å²) in [6.07, 6.45) is 0. The molecule has 4 heteroatoms. The summed E-state index contributed by atoms with van der Waals surface area (Å²) >= 11 is 1.85. The maximum atomic E-state index is 5.51. The summed E-state index contributed by atoms with van der Waals surface area (Å²) in [4.78, 5) is 1.27. The topological polar surface area (TPSA) is 51.8 Å². The van der Waals surface area contributed by atoms with Crippen molar-refractivity contribution in [3.05, 3.63) is 36.4 Å². The van der Waals surface area contributed by atoms with Gasteiger partial charge in [0.1, 0.15) is 5.82 Å². The Morgan fingerprint density at radius 3 is 2.24 bits per heavy atom. The van der Waals surface area contributed by atoms with E-state index in [2.05, 4.69) is 48.3 Å². The van der Waals surface area contributed by atoms with Gasteiger partial charge in [-0.3, -0.25) is 0 Å². The van der Waals surface area contributed by atoms with Gasteiger partial charge in [-0.2, -0.15) is 0 Å². The second-order valence-corrected chi connectivity index (χ2v) is 5.68. The standard InChI is InChI=1S/C13H15N3S/c1-9(2)17-11-5-3-10(4-6-11)12-7-8-13(14)16-15-12/h3-9H,1-2H3,(H2,14,16). The summed E-state index contributed by atoms with van der Waals surface area (Å²) in [6, 6.07) is 12.0. The molecule has 0 fully saturated rings. The highest BCUT2D eigenvalue weighted by atomic mass is 32.2. The van der Waals surface area contributed by atoms with Crippen LogP contribution >= 0.6 is 11.8 Å². The monoisotopic (exact) mass is 245 g/mol. The maximum Gasteiger partial charge on any atom is 0.146 e. The maximum absolute atomic E-state index is 5.51. The number of benzene rings is 1. The van der Waals surface area contributed by atoms with E-state index < -0.39 is 0 Å². The van der Waals surface area contributed by atoms with Gasteiger partial charge in [-0.15, -0.1) is 22.0 Å². The number of hydrogen-bond donors (Lipinski definition) is 1. The van der Waals surface area contributed by atoms with Gasteiger partial charge in [0.15, 0.2) is 0 Å². The molecule has 0 unspecified atom stereocenters. The van der Waals surface area contributed by atoms with Crippen molar-refractivity contribution in [2.45, 2.75) is 24.0 Å². The van der Waals surface area contributed by atoms with Gasteiger partial charge in [0.25, 0.3) is 0 Å². The van der Waals surface area contributed by atoms with E-state index in [-0.39, 0.29) is 0 Å². The number of anilines is 1. The summed E-state index contributed by atoms with van der Waals surface area (Å²) in [5.74, 6) is 0.445. The first-order valence-electron chi connectivity index (χ1n) is 5.51. The lowest BCUT2D eigenvalue weighted by atomic mass is 10.1. The third-order valence-electron chi connectivity index (χ3n) is 2.21. The Morgan fingerprint density at radius 1 is 1.00 bits per heavy atom. The molecule has 2 N–H and O–H groups in total. The summed E-state index contributed by atoms with van der Waals surface area (Å²) < 4.78 is 0. The smallest absolute Gasteiger partial charge is 0.146 e. The van der Waals surface area contributed by atoms with Crippen molar-refractivity contribution >= 4 is 17.6 Å². The highest BCUT2D eigenvalue weighted by Crippen LogP contribution is 2.25. The zero-order valence-corrected chi connectivity index (χ0v) is 10.7. The van der Waals surface area contributed by atoms with Gasteiger partial charge in [0.05, 0.1) is 5.69 Å². The van der Waals surface area contributed by atoms with E-state index in [9.17, 15) is 0 Å². The molecule has 3 nitrogen and oxygen atoms in total. The molecule has 0 aliphatic carbocycles. The van der Waals surface area contributed by atoms with Crippen LogP contribution in [0.2, 0.25) is 0 Å². The molecule has 0 amide bonds. The largest absolute Gasteiger partial charge is 0.382 e. The number of nitrogens with two attached hydrogens (primary N) is 1. The third-order valence-corrected chi connectivity index (χ3v) is 3.22. The fourth-order valence-corrected chi connectivity index (χ4v) is 2.31. The molecule has 0 aliphatic rings. The van der Waals surface area contributed by atoms with Crippen LogP contribution in [-0.4, -0.2) is 15.4 Å². The Morgan fingerprint density at radius 2 is 1.71 bits per heavy atom. The van der Waals surface area contributed by atoms with Gasteiger partial charge in [0, 0.05) is 15.7 Å². The zero-order valence-electron chi connectivity index (χ0n) is 9.92. The molecule has 2 rings (SSSR count). The minimum Gasteiger partial charge on any atom is -0.382 e. The minimum absolute atomic E-state index is 0.445. The van der Waals surface area contributed by atoms with E-state index >= 15 is 0 Å². The van der Waals surface area contributed by atoms with Gasteiger partial charge < -0.3 is 5.73 Å². The van der Waals surface area contributed by atoms with Crippen LogP contribution in [0, 0.1) is 0 Å². The summed E-state index contributed by atoms with van der Waals surface area (Å²) in [5, 5.41) is 8.50. The van der Waals surface area contributed by atoms with Crippen LogP contribution in [0.25, 0.3) is 11.3 Å². The second-order valence-electron chi connectivity index (χ2n) is 4.03. The lowest BCUT2D eigenvalue weighted by Gasteiger charge is -2.05. The molecule has 17 heavy (non-hydrogen) atoms. The fraction of sp³-hybridized carbons (Fsp3) is 0.231. The van der Waals surface area contributed by atoms with E-state index in [1.807, 2.05) is 17.8 Å². The van der Waals surface area contributed by atoms with Crippen LogP contribution in [0.3, 0.4) is 0 Å². The molecule has 88 valence electrons. The molecule has 2 aromatic rings. The van der Waals surface area contributed by atoms with Crippen LogP contribution < -0.4 is 5.73 Å². The molecule has 1 aromatic carbocycles. The van der Waals surface area contributed by atoms with Crippen LogP contribution in [0.1, 0.15) is 13.8 Å².